The molecule has 0 radical (unpaired) electrons. The molecule has 2 aromatic heterocycles. The van der Waals surface area contributed by atoms with Gasteiger partial charge in [-0.2, -0.15) is 5.10 Å². The molecule has 198 valence electrons. The second-order valence-electron chi connectivity index (χ2n) is 8.07. The van der Waals surface area contributed by atoms with Gasteiger partial charge in [0.2, 0.25) is 9.84 Å². The van der Waals surface area contributed by atoms with E-state index < -0.39 is 60.3 Å². The molecule has 2 heterocycles. The first kappa shape index (κ1) is 26.8. The van der Waals surface area contributed by atoms with Crippen LogP contribution in [-0.2, 0) is 16.9 Å². The lowest BCUT2D eigenvalue weighted by Gasteiger charge is -2.15. The molecule has 13 heteroatoms. The average Bonchev–Trinajstić information content (AvgIpc) is 3.27. The number of halogens is 4. The number of nitrogens with one attached hydrogen (secondary N) is 1. The van der Waals surface area contributed by atoms with Crippen molar-refractivity contribution in [2.75, 3.05) is 6.54 Å². The van der Waals surface area contributed by atoms with E-state index in [1.165, 1.54) is 42.5 Å². The van der Waals surface area contributed by atoms with Crippen molar-refractivity contribution in [2.24, 2.45) is 7.05 Å². The first-order valence-corrected chi connectivity index (χ1v) is 12.6. The number of pyridine rings is 1. The van der Waals surface area contributed by atoms with Crippen molar-refractivity contribution in [3.05, 3.63) is 78.3 Å². The standard InChI is InChI=1S/C25H20F4N4O4S/c1-3-8-31-25(34)37-18-12-20(38(35,36)19-11-15(26)4-5-17(19)27)23(29)21(22(18)28)24-16(13-33(2)32-24)14-6-9-30-10-7-14/h4-7,9-13H,3,8H2,1-2H3,(H,31,34). The van der Waals surface area contributed by atoms with Crippen molar-refractivity contribution in [2.45, 2.75) is 23.1 Å². The lowest BCUT2D eigenvalue weighted by atomic mass is 10.0. The molecule has 0 saturated carbocycles. The Morgan fingerprint density at radius 3 is 2.42 bits per heavy atom. The Labute approximate surface area is 214 Å². The van der Waals surface area contributed by atoms with Gasteiger partial charge in [0, 0.05) is 43.8 Å². The summed E-state index contributed by atoms with van der Waals surface area (Å²) in [5.74, 6) is -6.50. The molecule has 0 fully saturated rings. The Bertz CT molecular complexity index is 1630. The lowest BCUT2D eigenvalue weighted by Crippen LogP contribution is -2.28. The normalized spacial score (nSPS) is 11.4. The monoisotopic (exact) mass is 548 g/mol. The van der Waals surface area contributed by atoms with Gasteiger partial charge in [-0.3, -0.25) is 9.67 Å². The maximum Gasteiger partial charge on any atom is 0.412 e. The highest BCUT2D eigenvalue weighted by molar-refractivity contribution is 7.91. The molecule has 38 heavy (non-hydrogen) atoms. The minimum absolute atomic E-state index is 0.153. The van der Waals surface area contributed by atoms with E-state index in [0.29, 0.717) is 36.2 Å². The summed E-state index contributed by atoms with van der Waals surface area (Å²) in [4.78, 5) is 13.7. The predicted molar refractivity (Wildman–Crippen MR) is 128 cm³/mol. The van der Waals surface area contributed by atoms with Crippen LogP contribution in [-0.4, -0.2) is 35.8 Å². The smallest absolute Gasteiger partial charge is 0.407 e. The van der Waals surface area contributed by atoms with Gasteiger partial charge in [0.05, 0.1) is 5.56 Å². The van der Waals surface area contributed by atoms with Gasteiger partial charge < -0.3 is 10.1 Å². The van der Waals surface area contributed by atoms with Gasteiger partial charge in [0.25, 0.3) is 0 Å². The van der Waals surface area contributed by atoms with Crippen molar-refractivity contribution in [3.63, 3.8) is 0 Å². The minimum Gasteiger partial charge on any atom is -0.407 e. The summed E-state index contributed by atoms with van der Waals surface area (Å²) in [7, 11) is -3.65. The maximum atomic E-state index is 16.0. The summed E-state index contributed by atoms with van der Waals surface area (Å²) in [5, 5.41) is 6.43. The molecule has 0 aliphatic heterocycles. The van der Waals surface area contributed by atoms with Crippen LogP contribution in [0.15, 0.2) is 64.8 Å². The minimum atomic E-state index is -5.13. The number of carbonyl (C=O) groups excluding carboxylic acids is 1. The van der Waals surface area contributed by atoms with E-state index in [9.17, 15) is 22.0 Å². The molecule has 8 nitrogen and oxygen atoms in total. The molecule has 0 aliphatic rings. The number of nitrogens with zero attached hydrogens (tertiary/aromatic N) is 3. The highest BCUT2D eigenvalue weighted by Crippen LogP contribution is 2.41. The van der Waals surface area contributed by atoms with Gasteiger partial charge in [-0.05, 0) is 42.3 Å². The fourth-order valence-electron chi connectivity index (χ4n) is 3.65. The van der Waals surface area contributed by atoms with E-state index in [2.05, 4.69) is 15.4 Å². The van der Waals surface area contributed by atoms with E-state index in [-0.39, 0.29) is 17.8 Å². The van der Waals surface area contributed by atoms with Gasteiger partial charge in [-0.15, -0.1) is 0 Å². The number of ether oxygens (including phenoxy) is 1. The van der Waals surface area contributed by atoms with Crippen LogP contribution in [0.5, 0.6) is 5.75 Å². The third kappa shape index (κ3) is 5.09. The Hall–Kier alpha value is -4.26. The Balaban J connectivity index is 2.01. The topological polar surface area (TPSA) is 103 Å². The zero-order valence-electron chi connectivity index (χ0n) is 20.0. The van der Waals surface area contributed by atoms with Gasteiger partial charge in [0.1, 0.15) is 27.1 Å². The first-order chi connectivity index (χ1) is 18.0. The predicted octanol–water partition coefficient (Wildman–Crippen LogP) is 5.04. The molecule has 0 atom stereocenters. The summed E-state index contributed by atoms with van der Waals surface area (Å²) < 4.78 is 93.0. The fourth-order valence-corrected chi connectivity index (χ4v) is 5.08. The molecule has 4 rings (SSSR count). The molecular formula is C25H20F4N4O4S. The molecule has 0 unspecified atom stereocenters. The molecule has 0 aliphatic carbocycles. The van der Waals surface area contributed by atoms with Crippen molar-refractivity contribution in [3.8, 4) is 28.1 Å². The number of carbonyl (C=O) groups is 1. The molecular weight excluding hydrogens is 528 g/mol. The van der Waals surface area contributed by atoms with Crippen molar-refractivity contribution >= 4 is 15.9 Å². The first-order valence-electron chi connectivity index (χ1n) is 11.2. The molecule has 0 saturated heterocycles. The number of hydrogen-bond acceptors (Lipinski definition) is 6. The maximum absolute atomic E-state index is 16.0. The summed E-state index contributed by atoms with van der Waals surface area (Å²) in [6.45, 7) is 1.90. The number of benzene rings is 2. The molecule has 2 aromatic carbocycles. The van der Waals surface area contributed by atoms with Crippen LogP contribution in [0, 0.1) is 23.3 Å². The van der Waals surface area contributed by atoms with E-state index >= 15 is 8.78 Å². The largest absolute Gasteiger partial charge is 0.412 e. The highest BCUT2D eigenvalue weighted by Gasteiger charge is 2.34. The molecule has 0 bridgehead atoms. The molecule has 4 aromatic rings. The van der Waals surface area contributed by atoms with Gasteiger partial charge >= 0.3 is 6.09 Å². The van der Waals surface area contributed by atoms with Crippen LogP contribution in [0.3, 0.4) is 0 Å². The van der Waals surface area contributed by atoms with E-state index in [1.807, 2.05) is 0 Å². The summed E-state index contributed by atoms with van der Waals surface area (Å²) >= 11 is 0. The fraction of sp³-hybridized carbons (Fsp3) is 0.160. The number of aryl methyl sites for hydroxylation is 1. The van der Waals surface area contributed by atoms with Crippen LogP contribution in [0.2, 0.25) is 0 Å². The summed E-state index contributed by atoms with van der Waals surface area (Å²) in [5.41, 5.74) is -0.645. The number of aromatic nitrogens is 3. The average molecular weight is 549 g/mol. The van der Waals surface area contributed by atoms with E-state index in [0.717, 1.165) is 0 Å². The third-order valence-electron chi connectivity index (χ3n) is 5.39. The SMILES string of the molecule is CCCNC(=O)Oc1cc(S(=O)(=O)c2cc(F)ccc2F)c(F)c(-c2nn(C)cc2-c2ccncc2)c1F. The van der Waals surface area contributed by atoms with Crippen molar-refractivity contribution in [1.29, 1.82) is 0 Å². The van der Waals surface area contributed by atoms with Crippen molar-refractivity contribution < 1.29 is 35.5 Å². The Kier molecular flexibility index (Phi) is 7.49. The lowest BCUT2D eigenvalue weighted by molar-refractivity contribution is 0.198. The van der Waals surface area contributed by atoms with Crippen LogP contribution in [0.25, 0.3) is 22.4 Å². The van der Waals surface area contributed by atoms with Gasteiger partial charge in [-0.1, -0.05) is 6.92 Å². The molecule has 1 amide bonds. The third-order valence-corrected chi connectivity index (χ3v) is 7.15. The van der Waals surface area contributed by atoms with Crippen LogP contribution >= 0.6 is 0 Å². The van der Waals surface area contributed by atoms with Crippen molar-refractivity contribution in [1.82, 2.24) is 20.1 Å². The van der Waals surface area contributed by atoms with E-state index in [4.69, 9.17) is 4.74 Å². The Morgan fingerprint density at radius 2 is 1.74 bits per heavy atom. The molecule has 1 N–H and O–H groups in total. The van der Waals surface area contributed by atoms with Gasteiger partial charge in [-0.25, -0.2) is 30.8 Å². The number of rotatable bonds is 7. The number of amides is 1. The molecule has 0 spiro atoms. The van der Waals surface area contributed by atoms with Crippen LogP contribution in [0.1, 0.15) is 13.3 Å². The zero-order chi connectivity index (χ0) is 27.6. The number of hydrogen-bond donors (Lipinski definition) is 1. The second-order valence-corrected chi connectivity index (χ2v) is 9.96. The van der Waals surface area contributed by atoms with E-state index in [1.54, 1.807) is 6.92 Å². The quantitative estimate of drug-likeness (QED) is 0.257. The van der Waals surface area contributed by atoms with Crippen LogP contribution in [0.4, 0.5) is 22.4 Å². The summed E-state index contributed by atoms with van der Waals surface area (Å²) in [6, 6.07) is 5.09. The summed E-state index contributed by atoms with van der Waals surface area (Å²) in [6.07, 6.45) is 3.66. The van der Waals surface area contributed by atoms with Crippen LogP contribution < -0.4 is 10.1 Å². The highest BCUT2D eigenvalue weighted by atomic mass is 32.2. The second kappa shape index (κ2) is 10.6. The Morgan fingerprint density at radius 1 is 1.03 bits per heavy atom. The zero-order valence-corrected chi connectivity index (χ0v) is 20.8. The van der Waals surface area contributed by atoms with Gasteiger partial charge in [0.15, 0.2) is 17.4 Å². The number of sulfone groups is 1.